The monoisotopic (exact) mass is 191 g/mol. The number of aryl methyl sites for hydroxylation is 1. The second-order valence-electron chi connectivity index (χ2n) is 3.19. The predicted molar refractivity (Wildman–Crippen MR) is 49.2 cm³/mol. The Labute approximate surface area is 80.6 Å². The molecular formula is C10H9NO3. The molecule has 1 aromatic heterocycles. The van der Waals surface area contributed by atoms with Gasteiger partial charge in [0.05, 0.1) is 12.7 Å². The number of hydrogen-bond donors (Lipinski definition) is 1. The molecule has 4 nitrogen and oxygen atoms in total. The number of furan rings is 1. The van der Waals surface area contributed by atoms with Crippen molar-refractivity contribution in [1.29, 1.82) is 0 Å². The third kappa shape index (κ3) is 1.46. The van der Waals surface area contributed by atoms with Crippen LogP contribution in [-0.4, -0.2) is 11.8 Å². The van der Waals surface area contributed by atoms with Gasteiger partial charge < -0.3 is 4.42 Å². The Morgan fingerprint density at radius 1 is 1.50 bits per heavy atom. The van der Waals surface area contributed by atoms with E-state index in [0.29, 0.717) is 11.3 Å². The Morgan fingerprint density at radius 3 is 2.79 bits per heavy atom. The lowest BCUT2D eigenvalue weighted by Crippen LogP contribution is -2.19. The van der Waals surface area contributed by atoms with E-state index in [0.717, 1.165) is 5.56 Å². The summed E-state index contributed by atoms with van der Waals surface area (Å²) in [5.41, 5.74) is 1.40. The van der Waals surface area contributed by atoms with Crippen LogP contribution in [0.2, 0.25) is 0 Å². The van der Waals surface area contributed by atoms with E-state index in [9.17, 15) is 9.59 Å². The van der Waals surface area contributed by atoms with E-state index >= 15 is 0 Å². The fraction of sp³-hybridized carbons (Fsp3) is 0.200. The van der Waals surface area contributed by atoms with Crippen molar-refractivity contribution in [3.8, 4) is 0 Å². The van der Waals surface area contributed by atoms with Crippen LogP contribution in [0.15, 0.2) is 22.3 Å². The standard InChI is InChI=1S/C10H9NO3/c1-6-2-3-14-8(6)4-7-5-9(12)11-10(7)13/h2-4H,5H2,1H3,(H,11,12,13)/b7-4-. The smallest absolute Gasteiger partial charge is 0.254 e. The normalized spacial score (nSPS) is 19.1. The fourth-order valence-corrected chi connectivity index (χ4v) is 1.31. The summed E-state index contributed by atoms with van der Waals surface area (Å²) in [6, 6.07) is 1.81. The van der Waals surface area contributed by atoms with Crippen LogP contribution in [0, 0.1) is 6.92 Å². The Kier molecular flexibility index (Phi) is 1.96. The third-order valence-corrected chi connectivity index (χ3v) is 2.10. The van der Waals surface area contributed by atoms with Gasteiger partial charge in [0.1, 0.15) is 5.76 Å². The zero-order chi connectivity index (χ0) is 10.1. The van der Waals surface area contributed by atoms with Gasteiger partial charge in [-0.05, 0) is 24.6 Å². The number of rotatable bonds is 1. The molecule has 0 bridgehead atoms. The second kappa shape index (κ2) is 3.14. The molecule has 4 heteroatoms. The molecule has 14 heavy (non-hydrogen) atoms. The molecule has 0 saturated carbocycles. The van der Waals surface area contributed by atoms with Crippen LogP contribution in [0.5, 0.6) is 0 Å². The first-order valence-electron chi connectivity index (χ1n) is 4.25. The van der Waals surface area contributed by atoms with Crippen LogP contribution in [0.3, 0.4) is 0 Å². The van der Waals surface area contributed by atoms with Crippen LogP contribution >= 0.6 is 0 Å². The highest BCUT2D eigenvalue weighted by Crippen LogP contribution is 2.17. The van der Waals surface area contributed by atoms with Crippen molar-refractivity contribution in [3.05, 3.63) is 29.2 Å². The maximum atomic E-state index is 11.2. The first kappa shape index (κ1) is 8.74. The first-order chi connectivity index (χ1) is 6.66. The van der Waals surface area contributed by atoms with Gasteiger partial charge in [-0.1, -0.05) is 0 Å². The molecule has 2 heterocycles. The lowest BCUT2D eigenvalue weighted by atomic mass is 10.1. The molecule has 0 spiro atoms. The van der Waals surface area contributed by atoms with Crippen molar-refractivity contribution in [2.75, 3.05) is 0 Å². The lowest BCUT2D eigenvalue weighted by Gasteiger charge is -1.91. The van der Waals surface area contributed by atoms with Gasteiger partial charge in [0.15, 0.2) is 0 Å². The van der Waals surface area contributed by atoms with Crippen LogP contribution in [0.25, 0.3) is 6.08 Å². The Balaban J connectivity index is 2.32. The molecule has 72 valence electrons. The van der Waals surface area contributed by atoms with Crippen LogP contribution in [-0.2, 0) is 9.59 Å². The minimum absolute atomic E-state index is 0.138. The van der Waals surface area contributed by atoms with Gasteiger partial charge in [0.2, 0.25) is 5.91 Å². The van der Waals surface area contributed by atoms with Gasteiger partial charge in [-0.3, -0.25) is 14.9 Å². The maximum absolute atomic E-state index is 11.2. The molecule has 2 amide bonds. The zero-order valence-electron chi connectivity index (χ0n) is 7.66. The van der Waals surface area contributed by atoms with E-state index in [2.05, 4.69) is 5.32 Å². The Bertz CT molecular complexity index is 428. The zero-order valence-corrected chi connectivity index (χ0v) is 7.66. The van der Waals surface area contributed by atoms with Gasteiger partial charge in [-0.15, -0.1) is 0 Å². The van der Waals surface area contributed by atoms with Crippen molar-refractivity contribution >= 4 is 17.9 Å². The van der Waals surface area contributed by atoms with E-state index in [1.807, 2.05) is 6.92 Å². The lowest BCUT2D eigenvalue weighted by molar-refractivity contribution is -0.124. The summed E-state index contributed by atoms with van der Waals surface area (Å²) in [5.74, 6) is 0.0427. The molecule has 0 unspecified atom stereocenters. The van der Waals surface area contributed by atoms with Crippen molar-refractivity contribution in [2.24, 2.45) is 0 Å². The van der Waals surface area contributed by atoms with E-state index in [1.54, 1.807) is 18.4 Å². The second-order valence-corrected chi connectivity index (χ2v) is 3.19. The molecule has 1 aliphatic rings. The Morgan fingerprint density at radius 2 is 2.29 bits per heavy atom. The van der Waals surface area contributed by atoms with E-state index in [1.165, 1.54) is 0 Å². The highest BCUT2D eigenvalue weighted by Gasteiger charge is 2.24. The summed E-state index contributed by atoms with van der Waals surface area (Å²) >= 11 is 0. The largest absolute Gasteiger partial charge is 0.465 e. The van der Waals surface area contributed by atoms with E-state index in [4.69, 9.17) is 4.42 Å². The third-order valence-electron chi connectivity index (χ3n) is 2.10. The summed E-state index contributed by atoms with van der Waals surface area (Å²) in [7, 11) is 0. The average molecular weight is 191 g/mol. The number of hydrogen-bond acceptors (Lipinski definition) is 3. The van der Waals surface area contributed by atoms with Crippen LogP contribution in [0.1, 0.15) is 17.7 Å². The molecule has 1 aliphatic heterocycles. The summed E-state index contributed by atoms with van der Waals surface area (Å²) in [6.07, 6.45) is 3.30. The highest BCUT2D eigenvalue weighted by molar-refractivity contribution is 6.15. The van der Waals surface area contributed by atoms with Crippen LogP contribution in [0.4, 0.5) is 0 Å². The minimum Gasteiger partial charge on any atom is -0.465 e. The number of amides is 2. The molecule has 1 aromatic rings. The average Bonchev–Trinajstić information content (AvgIpc) is 2.62. The van der Waals surface area contributed by atoms with Crippen molar-refractivity contribution in [3.63, 3.8) is 0 Å². The molecule has 0 aromatic carbocycles. The molecule has 0 aliphatic carbocycles. The van der Waals surface area contributed by atoms with Gasteiger partial charge in [-0.2, -0.15) is 0 Å². The van der Waals surface area contributed by atoms with Gasteiger partial charge >= 0.3 is 0 Å². The van der Waals surface area contributed by atoms with E-state index < -0.39 is 0 Å². The highest BCUT2D eigenvalue weighted by atomic mass is 16.3. The van der Waals surface area contributed by atoms with Gasteiger partial charge in [0.25, 0.3) is 5.91 Å². The molecular weight excluding hydrogens is 182 g/mol. The van der Waals surface area contributed by atoms with E-state index in [-0.39, 0.29) is 18.2 Å². The summed E-state index contributed by atoms with van der Waals surface area (Å²) in [5, 5.41) is 2.21. The summed E-state index contributed by atoms with van der Waals surface area (Å²) < 4.78 is 5.14. The minimum atomic E-state index is -0.328. The molecule has 1 fully saturated rings. The number of carbonyl (C=O) groups excluding carboxylic acids is 2. The molecule has 2 rings (SSSR count). The SMILES string of the molecule is Cc1ccoc1/C=C1/CC(=O)NC1=O. The fourth-order valence-electron chi connectivity index (χ4n) is 1.31. The summed E-state index contributed by atoms with van der Waals surface area (Å²) in [4.78, 5) is 22.1. The molecule has 1 saturated heterocycles. The quantitative estimate of drug-likeness (QED) is 0.532. The molecule has 0 radical (unpaired) electrons. The Hall–Kier alpha value is -1.84. The van der Waals surface area contributed by atoms with Crippen LogP contribution < -0.4 is 5.32 Å². The molecule has 0 atom stereocenters. The number of carbonyl (C=O) groups is 2. The maximum Gasteiger partial charge on any atom is 0.254 e. The van der Waals surface area contributed by atoms with Gasteiger partial charge in [-0.25, -0.2) is 0 Å². The predicted octanol–water partition coefficient (Wildman–Crippen LogP) is 1.02. The van der Waals surface area contributed by atoms with Crippen molar-refractivity contribution < 1.29 is 14.0 Å². The van der Waals surface area contributed by atoms with Crippen molar-refractivity contribution in [2.45, 2.75) is 13.3 Å². The van der Waals surface area contributed by atoms with Crippen molar-refractivity contribution in [1.82, 2.24) is 5.32 Å². The number of nitrogens with one attached hydrogen (secondary N) is 1. The molecule has 1 N–H and O–H groups in total. The summed E-state index contributed by atoms with van der Waals surface area (Å²) in [6.45, 7) is 1.88. The number of imide groups is 1. The first-order valence-corrected chi connectivity index (χ1v) is 4.25. The topological polar surface area (TPSA) is 59.3 Å². The van der Waals surface area contributed by atoms with Gasteiger partial charge in [0, 0.05) is 5.57 Å².